The summed E-state index contributed by atoms with van der Waals surface area (Å²) in [5, 5.41) is 14.9. The van der Waals surface area contributed by atoms with Gasteiger partial charge in [0.05, 0.1) is 22.3 Å². The maximum absolute atomic E-state index is 13.3. The fourth-order valence-electron chi connectivity index (χ4n) is 4.91. The quantitative estimate of drug-likeness (QED) is 0.209. The molecule has 1 saturated heterocycles. The predicted octanol–water partition coefficient (Wildman–Crippen LogP) is 4.07. The van der Waals surface area contributed by atoms with Crippen LogP contribution in [-0.4, -0.2) is 75.2 Å². The molecule has 0 radical (unpaired) electrons. The number of carbonyl (C=O) groups excluding carboxylic acids is 4. The third-order valence-corrected chi connectivity index (χ3v) is 6.97. The number of carboxylic acids is 1. The van der Waals surface area contributed by atoms with Gasteiger partial charge in [-0.15, -0.1) is 0 Å². The zero-order valence-electron chi connectivity index (χ0n) is 22.1. The molecule has 0 bridgehead atoms. The second-order valence-electron chi connectivity index (χ2n) is 9.69. The third kappa shape index (κ3) is 5.64. The number of fused-ring (bicyclic) bond motifs is 1. The van der Waals surface area contributed by atoms with E-state index in [1.54, 1.807) is 60.4 Å². The van der Waals surface area contributed by atoms with E-state index >= 15 is 0 Å². The maximum atomic E-state index is 13.3. The van der Waals surface area contributed by atoms with Gasteiger partial charge in [-0.3, -0.25) is 14.4 Å². The number of aromatic nitrogens is 1. The van der Waals surface area contributed by atoms with Gasteiger partial charge in [-0.25, -0.2) is 9.59 Å². The molecule has 4 amide bonds. The van der Waals surface area contributed by atoms with Gasteiger partial charge in [0.15, 0.2) is 0 Å². The van der Waals surface area contributed by atoms with Gasteiger partial charge in [-0.05, 0) is 43.3 Å². The summed E-state index contributed by atoms with van der Waals surface area (Å²) in [6.45, 7) is 2.64. The highest BCUT2D eigenvalue weighted by atomic mass is 16.4. The van der Waals surface area contributed by atoms with Crippen molar-refractivity contribution in [2.24, 2.45) is 0 Å². The number of para-hydroxylation sites is 1. The number of carbonyl (C=O) groups is 5. The van der Waals surface area contributed by atoms with Crippen LogP contribution in [0, 0.1) is 0 Å². The lowest BCUT2D eigenvalue weighted by Crippen LogP contribution is -2.56. The number of urea groups is 1. The molecule has 2 heterocycles. The number of ketones is 1. The maximum Gasteiger partial charge on any atom is 0.335 e. The van der Waals surface area contributed by atoms with Gasteiger partial charge in [0.25, 0.3) is 17.6 Å². The summed E-state index contributed by atoms with van der Waals surface area (Å²) in [6, 6.07) is 18.7. The van der Waals surface area contributed by atoms with Gasteiger partial charge >= 0.3 is 12.0 Å². The summed E-state index contributed by atoms with van der Waals surface area (Å²) < 4.78 is 0. The molecule has 11 heteroatoms. The van der Waals surface area contributed by atoms with Crippen LogP contribution < -0.4 is 10.6 Å². The van der Waals surface area contributed by atoms with E-state index in [1.807, 2.05) is 6.07 Å². The van der Waals surface area contributed by atoms with E-state index in [-0.39, 0.29) is 29.6 Å². The van der Waals surface area contributed by atoms with Gasteiger partial charge in [-0.1, -0.05) is 36.4 Å². The zero-order valence-corrected chi connectivity index (χ0v) is 22.1. The summed E-state index contributed by atoms with van der Waals surface area (Å²) in [7, 11) is 0. The van der Waals surface area contributed by atoms with E-state index in [0.717, 1.165) is 0 Å². The summed E-state index contributed by atoms with van der Waals surface area (Å²) in [6.07, 6.45) is 1.43. The Morgan fingerprint density at radius 3 is 2.34 bits per heavy atom. The number of aromatic amines is 1. The number of nitrogens with zero attached hydrogens (tertiary/aromatic N) is 2. The largest absolute Gasteiger partial charge is 0.478 e. The van der Waals surface area contributed by atoms with Crippen LogP contribution in [0.2, 0.25) is 0 Å². The van der Waals surface area contributed by atoms with Crippen molar-refractivity contribution < 1.29 is 29.1 Å². The van der Waals surface area contributed by atoms with Crippen molar-refractivity contribution in [1.82, 2.24) is 14.8 Å². The molecule has 1 fully saturated rings. The second kappa shape index (κ2) is 11.3. The molecule has 5 rings (SSSR count). The number of amides is 4. The van der Waals surface area contributed by atoms with E-state index in [0.29, 0.717) is 40.9 Å². The molecule has 0 unspecified atom stereocenters. The molecule has 1 aliphatic rings. The molecule has 11 nitrogen and oxygen atoms in total. The Morgan fingerprint density at radius 1 is 0.878 bits per heavy atom. The Balaban J connectivity index is 1.27. The number of aromatic carboxylic acids is 1. The monoisotopic (exact) mass is 553 g/mol. The van der Waals surface area contributed by atoms with Crippen LogP contribution in [0.1, 0.15) is 38.0 Å². The molecule has 41 heavy (non-hydrogen) atoms. The number of Topliss-reactive ketones (excluding diaryl/α,β-unsaturated/α-hetero) is 1. The van der Waals surface area contributed by atoms with Gasteiger partial charge in [0, 0.05) is 48.5 Å². The van der Waals surface area contributed by atoms with Crippen LogP contribution in [0.15, 0.2) is 79.0 Å². The minimum atomic E-state index is -1.12. The van der Waals surface area contributed by atoms with E-state index in [4.69, 9.17) is 5.11 Å². The summed E-state index contributed by atoms with van der Waals surface area (Å²) in [5.74, 6) is -2.60. The molecular formula is C30H27N5O6. The van der Waals surface area contributed by atoms with Crippen LogP contribution >= 0.6 is 0 Å². The molecule has 4 aromatic rings. The number of benzene rings is 3. The minimum absolute atomic E-state index is 0.0283. The van der Waals surface area contributed by atoms with Crippen LogP contribution in [-0.2, 0) is 4.79 Å². The van der Waals surface area contributed by atoms with Crippen LogP contribution in [0.4, 0.5) is 16.2 Å². The third-order valence-electron chi connectivity index (χ3n) is 6.97. The molecular weight excluding hydrogens is 526 g/mol. The zero-order chi connectivity index (χ0) is 29.1. The molecule has 208 valence electrons. The van der Waals surface area contributed by atoms with Crippen LogP contribution in [0.25, 0.3) is 10.9 Å². The van der Waals surface area contributed by atoms with Crippen molar-refractivity contribution in [3.05, 3.63) is 95.7 Å². The molecule has 1 aliphatic heterocycles. The summed E-state index contributed by atoms with van der Waals surface area (Å²) in [5.41, 5.74) is 1.87. The smallest absolute Gasteiger partial charge is 0.335 e. The highest BCUT2D eigenvalue weighted by Crippen LogP contribution is 2.27. The van der Waals surface area contributed by atoms with Gasteiger partial charge < -0.3 is 30.5 Å². The number of nitrogens with one attached hydrogen (secondary N) is 3. The van der Waals surface area contributed by atoms with Crippen molar-refractivity contribution in [2.75, 3.05) is 30.3 Å². The van der Waals surface area contributed by atoms with Crippen molar-refractivity contribution >= 4 is 51.9 Å². The van der Waals surface area contributed by atoms with Crippen LogP contribution in [0.5, 0.6) is 0 Å². The molecule has 0 spiro atoms. The fraction of sp³-hybridized carbons (Fsp3) is 0.167. The van der Waals surface area contributed by atoms with Gasteiger partial charge in [0.2, 0.25) is 0 Å². The first-order chi connectivity index (χ1) is 19.7. The van der Waals surface area contributed by atoms with Crippen molar-refractivity contribution in [2.45, 2.75) is 13.0 Å². The normalized spacial score (nSPS) is 14.9. The first-order valence-corrected chi connectivity index (χ1v) is 12.9. The molecule has 1 aromatic heterocycles. The fourth-order valence-corrected chi connectivity index (χ4v) is 4.91. The SMILES string of the molecule is C[C@@H]1CN(C(=O)c2ccccc2)CCN1C(=O)C(=O)c1c[nH]c2c(NC(=O)Nc3cccc(C(=O)O)c3)cccc12. The lowest BCUT2D eigenvalue weighted by atomic mass is 10.1. The Bertz CT molecular complexity index is 1660. The average molecular weight is 554 g/mol. The first kappa shape index (κ1) is 27.1. The standard InChI is InChI=1S/C30H27N5O6/c1-18-17-34(27(37)19-7-3-2-4-8-19)13-14-35(18)28(38)26(36)23-16-31-25-22(23)11-6-12-24(25)33-30(41)32-21-10-5-9-20(15-21)29(39)40/h2-12,15-16,18,31H,13-14,17H2,1H3,(H,39,40)(H2,32,33,41)/t18-/m1/s1. The Labute approximate surface area is 234 Å². The van der Waals surface area contributed by atoms with Crippen molar-refractivity contribution in [1.29, 1.82) is 0 Å². The van der Waals surface area contributed by atoms with Gasteiger partial charge in [-0.2, -0.15) is 0 Å². The van der Waals surface area contributed by atoms with E-state index in [1.165, 1.54) is 29.3 Å². The minimum Gasteiger partial charge on any atom is -0.478 e. The lowest BCUT2D eigenvalue weighted by molar-refractivity contribution is -0.130. The molecule has 0 aliphatic carbocycles. The number of hydrogen-bond donors (Lipinski definition) is 4. The number of H-pyrrole nitrogens is 1. The molecule has 4 N–H and O–H groups in total. The summed E-state index contributed by atoms with van der Waals surface area (Å²) in [4.78, 5) is 69.4. The van der Waals surface area contributed by atoms with E-state index in [2.05, 4.69) is 15.6 Å². The number of piperazine rings is 1. The summed E-state index contributed by atoms with van der Waals surface area (Å²) >= 11 is 0. The van der Waals surface area contributed by atoms with Crippen LogP contribution in [0.3, 0.4) is 0 Å². The highest BCUT2D eigenvalue weighted by Gasteiger charge is 2.34. The second-order valence-corrected chi connectivity index (χ2v) is 9.69. The molecule has 1 atom stereocenters. The van der Waals surface area contributed by atoms with E-state index < -0.39 is 23.7 Å². The van der Waals surface area contributed by atoms with Crippen molar-refractivity contribution in [3.63, 3.8) is 0 Å². The lowest BCUT2D eigenvalue weighted by Gasteiger charge is -2.39. The number of carboxylic acid groups (broad SMARTS) is 1. The number of anilines is 2. The Morgan fingerprint density at radius 2 is 1.61 bits per heavy atom. The number of hydrogen-bond acceptors (Lipinski definition) is 5. The first-order valence-electron chi connectivity index (χ1n) is 12.9. The molecule has 3 aromatic carbocycles. The Hall–Kier alpha value is -5.45. The van der Waals surface area contributed by atoms with Gasteiger partial charge in [0.1, 0.15) is 0 Å². The predicted molar refractivity (Wildman–Crippen MR) is 152 cm³/mol. The topological polar surface area (TPSA) is 152 Å². The van der Waals surface area contributed by atoms with Crippen molar-refractivity contribution in [3.8, 4) is 0 Å². The molecule has 0 saturated carbocycles. The number of rotatable bonds is 6. The average Bonchev–Trinajstić information content (AvgIpc) is 3.42. The highest BCUT2D eigenvalue weighted by molar-refractivity contribution is 6.45. The van der Waals surface area contributed by atoms with E-state index in [9.17, 15) is 24.0 Å². The Kier molecular flexibility index (Phi) is 7.51.